The number of hydrogen-bond donors (Lipinski definition) is 0. The van der Waals surface area contributed by atoms with Crippen molar-refractivity contribution in [2.24, 2.45) is 11.0 Å². The molecule has 10 heteroatoms. The average molecular weight is 483 g/mol. The lowest BCUT2D eigenvalue weighted by atomic mass is 9.98. The van der Waals surface area contributed by atoms with E-state index in [0.717, 1.165) is 6.07 Å². The summed E-state index contributed by atoms with van der Waals surface area (Å²) >= 11 is 0. The first-order chi connectivity index (χ1) is 16.1. The van der Waals surface area contributed by atoms with Crippen LogP contribution in [0.15, 0.2) is 41.5 Å². The van der Waals surface area contributed by atoms with Gasteiger partial charge >= 0.3 is 6.18 Å². The zero-order valence-corrected chi connectivity index (χ0v) is 19.1. The van der Waals surface area contributed by atoms with Gasteiger partial charge in [0.15, 0.2) is 11.6 Å². The molecule has 5 nitrogen and oxygen atoms in total. The van der Waals surface area contributed by atoms with Crippen molar-refractivity contribution in [2.45, 2.75) is 45.0 Å². The zero-order chi connectivity index (χ0) is 24.6. The Morgan fingerprint density at radius 1 is 0.971 bits per heavy atom. The fraction of sp³-hybridized carbons (Fsp3) is 0.458. The molecule has 2 aliphatic heterocycles. The molecule has 184 valence electrons. The van der Waals surface area contributed by atoms with Gasteiger partial charge in [0.1, 0.15) is 23.3 Å². The SMILES string of the molecule is COc1cc(F)c(F)c(N2CCC(Oc3ccc(N4N=C(C(F)(F)F)C(C)C4C)cc3)CC2)c1. The monoisotopic (exact) mass is 483 g/mol. The molecule has 2 unspecified atom stereocenters. The number of benzene rings is 2. The van der Waals surface area contributed by atoms with Gasteiger partial charge in [-0.2, -0.15) is 18.3 Å². The number of hydrogen-bond acceptors (Lipinski definition) is 5. The molecule has 0 aliphatic carbocycles. The van der Waals surface area contributed by atoms with Gasteiger partial charge in [-0.05, 0) is 31.2 Å². The highest BCUT2D eigenvalue weighted by molar-refractivity contribution is 5.95. The highest BCUT2D eigenvalue weighted by Gasteiger charge is 2.46. The topological polar surface area (TPSA) is 37.3 Å². The molecule has 0 spiro atoms. The van der Waals surface area contributed by atoms with Gasteiger partial charge in [-0.25, -0.2) is 8.78 Å². The standard InChI is InChI=1S/C24H26F5N3O2/c1-14-15(2)32(30-23(14)24(27,28)29)16-4-6-17(7-5-16)34-18-8-10-31(11-9-18)21-13-19(33-3)12-20(25)22(21)26/h4-7,12-15,18H,8-11H2,1-3H3. The van der Waals surface area contributed by atoms with Crippen molar-refractivity contribution in [1.29, 1.82) is 0 Å². The van der Waals surface area contributed by atoms with Crippen molar-refractivity contribution >= 4 is 17.1 Å². The minimum Gasteiger partial charge on any atom is -0.497 e. The van der Waals surface area contributed by atoms with E-state index < -0.39 is 35.5 Å². The Morgan fingerprint density at radius 3 is 2.18 bits per heavy atom. The van der Waals surface area contributed by atoms with E-state index in [1.807, 2.05) is 0 Å². The van der Waals surface area contributed by atoms with Gasteiger partial charge in [-0.3, -0.25) is 5.01 Å². The van der Waals surface area contributed by atoms with E-state index in [1.54, 1.807) is 36.1 Å². The van der Waals surface area contributed by atoms with Gasteiger partial charge in [0.05, 0.1) is 24.5 Å². The fourth-order valence-electron chi connectivity index (χ4n) is 4.33. The van der Waals surface area contributed by atoms with Crippen LogP contribution in [-0.2, 0) is 0 Å². The van der Waals surface area contributed by atoms with Crippen LogP contribution in [0.4, 0.5) is 33.3 Å². The van der Waals surface area contributed by atoms with E-state index >= 15 is 0 Å². The first-order valence-electron chi connectivity index (χ1n) is 11.1. The largest absolute Gasteiger partial charge is 0.497 e. The third kappa shape index (κ3) is 4.76. The molecule has 2 aliphatic rings. The van der Waals surface area contributed by atoms with Crippen LogP contribution in [0.2, 0.25) is 0 Å². The average Bonchev–Trinajstić information content (AvgIpc) is 3.11. The number of alkyl halides is 3. The van der Waals surface area contributed by atoms with Crippen LogP contribution in [0.25, 0.3) is 0 Å². The van der Waals surface area contributed by atoms with Crippen LogP contribution in [0, 0.1) is 17.6 Å². The van der Waals surface area contributed by atoms with Crippen LogP contribution >= 0.6 is 0 Å². The number of methoxy groups -OCH3 is 1. The number of halogens is 5. The molecule has 1 fully saturated rings. The maximum atomic E-state index is 14.3. The third-order valence-electron chi connectivity index (χ3n) is 6.45. The Morgan fingerprint density at radius 2 is 1.62 bits per heavy atom. The molecule has 2 aromatic carbocycles. The summed E-state index contributed by atoms with van der Waals surface area (Å²) in [4.78, 5) is 1.76. The Bertz CT molecular complexity index is 1050. The Balaban J connectivity index is 1.38. The van der Waals surface area contributed by atoms with Crippen molar-refractivity contribution in [3.63, 3.8) is 0 Å². The van der Waals surface area contributed by atoms with E-state index in [0.29, 0.717) is 37.4 Å². The number of piperidine rings is 1. The van der Waals surface area contributed by atoms with Crippen LogP contribution in [0.5, 0.6) is 11.5 Å². The van der Waals surface area contributed by atoms with Crippen molar-refractivity contribution in [1.82, 2.24) is 0 Å². The summed E-state index contributed by atoms with van der Waals surface area (Å²) in [5.41, 5.74) is -0.0665. The molecular formula is C24H26F5N3O2. The third-order valence-corrected chi connectivity index (χ3v) is 6.45. The second-order valence-corrected chi connectivity index (χ2v) is 8.60. The second kappa shape index (κ2) is 9.31. The van der Waals surface area contributed by atoms with Gasteiger partial charge in [-0.15, -0.1) is 0 Å². The molecule has 0 saturated carbocycles. The van der Waals surface area contributed by atoms with E-state index in [2.05, 4.69) is 5.10 Å². The summed E-state index contributed by atoms with van der Waals surface area (Å²) in [6, 6.07) is 8.85. The van der Waals surface area contributed by atoms with E-state index in [1.165, 1.54) is 25.1 Å². The number of nitrogens with zero attached hydrogens (tertiary/aromatic N) is 3. The van der Waals surface area contributed by atoms with Gasteiger partial charge in [0, 0.05) is 44.0 Å². The lowest BCUT2D eigenvalue weighted by molar-refractivity contribution is -0.0619. The summed E-state index contributed by atoms with van der Waals surface area (Å²) in [7, 11) is 1.40. The van der Waals surface area contributed by atoms with Crippen molar-refractivity contribution < 1.29 is 31.4 Å². The molecule has 34 heavy (non-hydrogen) atoms. The maximum Gasteiger partial charge on any atom is 0.431 e. The smallest absolute Gasteiger partial charge is 0.431 e. The molecular weight excluding hydrogens is 457 g/mol. The maximum absolute atomic E-state index is 14.3. The summed E-state index contributed by atoms with van der Waals surface area (Å²) < 4.78 is 78.7. The van der Waals surface area contributed by atoms with Crippen LogP contribution < -0.4 is 19.4 Å². The summed E-state index contributed by atoms with van der Waals surface area (Å²) in [6.45, 7) is 4.18. The van der Waals surface area contributed by atoms with E-state index in [4.69, 9.17) is 9.47 Å². The first kappa shape index (κ1) is 24.1. The fourth-order valence-corrected chi connectivity index (χ4v) is 4.33. The molecule has 0 aromatic heterocycles. The number of anilines is 2. The van der Waals surface area contributed by atoms with Crippen molar-refractivity contribution in [2.75, 3.05) is 30.1 Å². The molecule has 2 atom stereocenters. The number of hydrazone groups is 1. The Labute approximate surface area is 194 Å². The minimum absolute atomic E-state index is 0.124. The predicted molar refractivity (Wildman–Crippen MR) is 120 cm³/mol. The Hall–Kier alpha value is -3.04. The van der Waals surface area contributed by atoms with Crippen LogP contribution in [-0.4, -0.2) is 44.2 Å². The van der Waals surface area contributed by atoms with Crippen LogP contribution in [0.1, 0.15) is 26.7 Å². The minimum atomic E-state index is -4.46. The lowest BCUT2D eigenvalue weighted by Crippen LogP contribution is -2.38. The summed E-state index contributed by atoms with van der Waals surface area (Å²) in [5.74, 6) is -1.76. The molecule has 0 radical (unpaired) electrons. The molecule has 0 amide bonds. The van der Waals surface area contributed by atoms with Crippen LogP contribution in [0.3, 0.4) is 0 Å². The first-order valence-corrected chi connectivity index (χ1v) is 11.1. The molecule has 2 heterocycles. The van der Waals surface area contributed by atoms with E-state index in [9.17, 15) is 22.0 Å². The number of rotatable bonds is 5. The van der Waals surface area contributed by atoms with E-state index in [-0.39, 0.29) is 17.5 Å². The van der Waals surface area contributed by atoms with Gasteiger partial charge in [-0.1, -0.05) is 6.92 Å². The Kier molecular flexibility index (Phi) is 6.60. The summed E-state index contributed by atoms with van der Waals surface area (Å²) in [6.07, 6.45) is -3.39. The lowest BCUT2D eigenvalue weighted by Gasteiger charge is -2.34. The zero-order valence-electron chi connectivity index (χ0n) is 19.1. The molecule has 4 rings (SSSR count). The van der Waals surface area contributed by atoms with Gasteiger partial charge in [0.2, 0.25) is 0 Å². The number of ether oxygens (including phenoxy) is 2. The second-order valence-electron chi connectivity index (χ2n) is 8.60. The normalized spacial score (nSPS) is 21.6. The quantitative estimate of drug-likeness (QED) is 0.505. The summed E-state index contributed by atoms with van der Waals surface area (Å²) in [5, 5.41) is 5.20. The molecule has 1 saturated heterocycles. The highest BCUT2D eigenvalue weighted by Crippen LogP contribution is 2.36. The molecule has 0 N–H and O–H groups in total. The predicted octanol–water partition coefficient (Wildman–Crippen LogP) is 5.78. The van der Waals surface area contributed by atoms with Gasteiger partial charge < -0.3 is 14.4 Å². The van der Waals surface area contributed by atoms with Gasteiger partial charge in [0.25, 0.3) is 0 Å². The highest BCUT2D eigenvalue weighted by atomic mass is 19.4. The molecule has 2 aromatic rings. The van der Waals surface area contributed by atoms with Crippen molar-refractivity contribution in [3.05, 3.63) is 48.0 Å². The molecule has 0 bridgehead atoms. The van der Waals surface area contributed by atoms with Crippen molar-refractivity contribution in [3.8, 4) is 11.5 Å².